The van der Waals surface area contributed by atoms with Crippen molar-refractivity contribution in [1.29, 1.82) is 0 Å². The Morgan fingerprint density at radius 2 is 0.753 bits per heavy atom. The minimum absolute atomic E-state index is 0.0307. The summed E-state index contributed by atoms with van der Waals surface area (Å²) >= 11 is 0. The van der Waals surface area contributed by atoms with Crippen LogP contribution in [0.3, 0.4) is 0 Å². The molecule has 3 atom stereocenters. The summed E-state index contributed by atoms with van der Waals surface area (Å²) in [6, 6.07) is -0.866. The molecule has 0 aliphatic heterocycles. The predicted molar refractivity (Wildman–Crippen MR) is 369 cm³/mol. The summed E-state index contributed by atoms with van der Waals surface area (Å²) in [4.78, 5) is 37.9. The molecule has 0 aliphatic carbocycles. The first kappa shape index (κ1) is 81.4. The van der Waals surface area contributed by atoms with Gasteiger partial charge in [0, 0.05) is 12.8 Å². The van der Waals surface area contributed by atoms with Crippen LogP contribution in [-0.2, 0) is 27.9 Å². The highest BCUT2D eigenvalue weighted by Crippen LogP contribution is 2.43. The van der Waals surface area contributed by atoms with Gasteiger partial charge < -0.3 is 19.4 Å². The summed E-state index contributed by atoms with van der Waals surface area (Å²) in [7, 11) is 1.47. The van der Waals surface area contributed by atoms with Gasteiger partial charge in [0.1, 0.15) is 19.3 Å². The van der Waals surface area contributed by atoms with E-state index in [-0.39, 0.29) is 31.5 Å². The number of allylic oxidation sites excluding steroid dienone is 19. The van der Waals surface area contributed by atoms with Gasteiger partial charge in [0.15, 0.2) is 0 Å². The quantitative estimate of drug-likeness (QED) is 0.0205. The van der Waals surface area contributed by atoms with Gasteiger partial charge in [-0.2, -0.15) is 0 Å². The van der Waals surface area contributed by atoms with Crippen molar-refractivity contribution < 1.29 is 37.3 Å². The number of phosphoric acid groups is 1. The van der Waals surface area contributed by atoms with E-state index < -0.39 is 20.0 Å². The summed E-state index contributed by atoms with van der Waals surface area (Å²) in [6.07, 6.45) is 89.2. The number of hydrogen-bond donors (Lipinski definition) is 2. The zero-order chi connectivity index (χ0) is 62.1. The Bertz CT molecular complexity index is 1870. The molecule has 1 amide bonds. The SMILES string of the molecule is CC/C=C\C/C=C\C/C=C\C/C=C\C/C=C\CCCCCCCCCC(=O)NC(COP(=O)(O)OCC[N+](C)(C)C)C(/C=C/CCCCCCCCCCC)OC(=O)CCCCCCCCCCC/C=C\C/C=C\C/C=C\C/C=C\CCCCC. The number of carbonyl (C=O) groups is 2. The molecule has 0 aliphatic rings. The number of carbonyl (C=O) groups excluding carboxylic acids is 2. The molecule has 0 bridgehead atoms. The fraction of sp³-hybridized carbons (Fsp3) is 0.707. The Kier molecular flexibility index (Phi) is 60.8. The standard InChI is InChI=1S/C75H131N2O7P/c1-7-10-13-16-19-22-25-27-29-31-33-35-37-38-40-42-44-46-48-50-53-56-59-62-65-68-75(79)84-73(66-63-60-57-54-51-24-21-18-15-12-9-3)72(71-83-85(80,81)82-70-69-77(4,5)6)76-74(78)67-64-61-58-55-52-49-47-45-43-41-39-36-34-32-30-28-26-23-20-17-14-11-8-2/h11,14,19-20,22-23,27-30,33-36,38,40-41,43,63,66,72-73H,7-10,12-13,15-18,21,24-26,31-32,37,39,42,44-62,64-65,67-71H2,1-6H3,(H-,76,78,80,81)/p+1/b14-11-,22-19-,23-20-,29-27-,30-28-,35-33-,36-34-,40-38-,43-41-,66-63+. The number of amides is 1. The lowest BCUT2D eigenvalue weighted by atomic mass is 10.0. The second-order valence-corrected chi connectivity index (χ2v) is 25.8. The second kappa shape index (κ2) is 63.4. The van der Waals surface area contributed by atoms with Crippen LogP contribution in [-0.4, -0.2) is 74.3 Å². The third kappa shape index (κ3) is 64.7. The molecule has 0 saturated carbocycles. The van der Waals surface area contributed by atoms with Crippen molar-refractivity contribution in [3.05, 3.63) is 122 Å². The van der Waals surface area contributed by atoms with Crippen LogP contribution < -0.4 is 5.32 Å². The fourth-order valence-electron chi connectivity index (χ4n) is 9.54. The van der Waals surface area contributed by atoms with E-state index in [0.29, 0.717) is 17.4 Å². The average molecular weight is 1200 g/mol. The predicted octanol–water partition coefficient (Wildman–Crippen LogP) is 22.2. The fourth-order valence-corrected chi connectivity index (χ4v) is 10.3. The smallest absolute Gasteiger partial charge is 0.456 e. The number of nitrogens with one attached hydrogen (secondary N) is 1. The molecular weight excluding hydrogens is 1070 g/mol. The summed E-state index contributed by atoms with van der Waals surface area (Å²) in [5, 5.41) is 3.06. The topological polar surface area (TPSA) is 111 Å². The number of phosphoric ester groups is 1. The van der Waals surface area contributed by atoms with Crippen LogP contribution in [0.4, 0.5) is 0 Å². The number of hydrogen-bond acceptors (Lipinski definition) is 6. The van der Waals surface area contributed by atoms with E-state index in [1.54, 1.807) is 0 Å². The maximum atomic E-state index is 13.6. The molecule has 0 radical (unpaired) electrons. The monoisotopic (exact) mass is 1200 g/mol. The van der Waals surface area contributed by atoms with Crippen LogP contribution in [0.25, 0.3) is 0 Å². The summed E-state index contributed by atoms with van der Waals surface area (Å²) in [6.45, 7) is 6.86. The molecule has 0 saturated heterocycles. The molecule has 0 rings (SSSR count). The highest BCUT2D eigenvalue weighted by Gasteiger charge is 2.30. The molecule has 10 heteroatoms. The largest absolute Gasteiger partial charge is 0.472 e. The van der Waals surface area contributed by atoms with Gasteiger partial charge in [0.05, 0.1) is 33.8 Å². The van der Waals surface area contributed by atoms with Gasteiger partial charge in [-0.15, -0.1) is 0 Å². The van der Waals surface area contributed by atoms with Crippen LogP contribution in [0.5, 0.6) is 0 Å². The highest BCUT2D eigenvalue weighted by molar-refractivity contribution is 7.47. The average Bonchev–Trinajstić information content (AvgIpc) is 3.62. The number of likely N-dealkylation sites (N-methyl/N-ethyl adjacent to an activating group) is 1. The van der Waals surface area contributed by atoms with Crippen molar-refractivity contribution in [3.63, 3.8) is 0 Å². The van der Waals surface area contributed by atoms with Crippen molar-refractivity contribution in [2.75, 3.05) is 40.9 Å². The lowest BCUT2D eigenvalue weighted by Crippen LogP contribution is -2.47. The van der Waals surface area contributed by atoms with Gasteiger partial charge in [-0.05, 0) is 122 Å². The molecule has 0 aromatic carbocycles. The summed E-state index contributed by atoms with van der Waals surface area (Å²) < 4.78 is 30.8. The Morgan fingerprint density at radius 1 is 0.424 bits per heavy atom. The van der Waals surface area contributed by atoms with Gasteiger partial charge in [0.2, 0.25) is 5.91 Å². The first-order valence-corrected chi connectivity index (χ1v) is 36.4. The van der Waals surface area contributed by atoms with E-state index >= 15 is 0 Å². The number of rotatable bonds is 62. The molecule has 0 heterocycles. The number of ether oxygens (including phenoxy) is 1. The minimum atomic E-state index is -4.47. The van der Waals surface area contributed by atoms with E-state index in [4.69, 9.17) is 13.8 Å². The third-order valence-electron chi connectivity index (χ3n) is 14.9. The number of nitrogens with zero attached hydrogens (tertiary/aromatic N) is 1. The van der Waals surface area contributed by atoms with Gasteiger partial charge in [-0.1, -0.05) is 277 Å². The molecule has 488 valence electrons. The molecule has 2 N–H and O–H groups in total. The second-order valence-electron chi connectivity index (χ2n) is 24.3. The van der Waals surface area contributed by atoms with Gasteiger partial charge in [-0.25, -0.2) is 4.57 Å². The molecule has 0 aromatic rings. The lowest BCUT2D eigenvalue weighted by Gasteiger charge is -2.27. The Morgan fingerprint density at radius 3 is 1.15 bits per heavy atom. The van der Waals surface area contributed by atoms with Crippen molar-refractivity contribution in [3.8, 4) is 0 Å². The minimum Gasteiger partial charge on any atom is -0.456 e. The van der Waals surface area contributed by atoms with Crippen molar-refractivity contribution in [1.82, 2.24) is 5.32 Å². The number of unbranched alkanes of at least 4 members (excludes halogenated alkanes) is 28. The molecule has 0 fully saturated rings. The maximum Gasteiger partial charge on any atom is 0.472 e. The molecule has 9 nitrogen and oxygen atoms in total. The van der Waals surface area contributed by atoms with E-state index in [2.05, 4.69) is 135 Å². The summed E-state index contributed by atoms with van der Waals surface area (Å²) in [5.41, 5.74) is 0. The van der Waals surface area contributed by atoms with Gasteiger partial charge >= 0.3 is 13.8 Å². The van der Waals surface area contributed by atoms with Crippen molar-refractivity contribution in [2.45, 2.75) is 303 Å². The zero-order valence-electron chi connectivity index (χ0n) is 55.8. The van der Waals surface area contributed by atoms with Crippen LogP contribution in [0, 0.1) is 0 Å². The molecule has 3 unspecified atom stereocenters. The molecular formula is C75H132N2O7P+. The van der Waals surface area contributed by atoms with Crippen molar-refractivity contribution in [2.24, 2.45) is 0 Å². The molecule has 0 aromatic heterocycles. The number of quaternary nitrogens is 1. The third-order valence-corrected chi connectivity index (χ3v) is 15.9. The summed E-state index contributed by atoms with van der Waals surface area (Å²) in [5.74, 6) is -0.528. The molecule has 85 heavy (non-hydrogen) atoms. The Hall–Kier alpha value is -3.59. The normalized spacial score (nSPS) is 14.3. The van der Waals surface area contributed by atoms with Crippen molar-refractivity contribution >= 4 is 19.7 Å². The van der Waals surface area contributed by atoms with Gasteiger partial charge in [-0.3, -0.25) is 18.6 Å². The lowest BCUT2D eigenvalue weighted by molar-refractivity contribution is -0.870. The first-order chi connectivity index (χ1) is 41.4. The van der Waals surface area contributed by atoms with Crippen LogP contribution in [0.2, 0.25) is 0 Å². The van der Waals surface area contributed by atoms with E-state index in [0.717, 1.165) is 135 Å². The van der Waals surface area contributed by atoms with Crippen LogP contribution in [0.1, 0.15) is 290 Å². The Balaban J connectivity index is 5.11. The number of esters is 1. The van der Waals surface area contributed by atoms with E-state index in [1.165, 1.54) is 122 Å². The van der Waals surface area contributed by atoms with E-state index in [1.807, 2.05) is 33.3 Å². The van der Waals surface area contributed by atoms with E-state index in [9.17, 15) is 19.0 Å². The highest BCUT2D eigenvalue weighted by atomic mass is 31.2. The van der Waals surface area contributed by atoms with Crippen LogP contribution >= 0.6 is 7.82 Å². The Labute approximate surface area is 524 Å². The first-order valence-electron chi connectivity index (χ1n) is 34.9. The maximum absolute atomic E-state index is 13.6. The van der Waals surface area contributed by atoms with Crippen LogP contribution in [0.15, 0.2) is 122 Å². The molecule has 0 spiro atoms. The van der Waals surface area contributed by atoms with Gasteiger partial charge in [0.25, 0.3) is 0 Å². The zero-order valence-corrected chi connectivity index (χ0v) is 56.7.